The number of carbonyl (C=O) groups is 1. The van der Waals surface area contributed by atoms with E-state index in [9.17, 15) is 9.18 Å². The highest BCUT2D eigenvalue weighted by atomic mass is 19.1. The summed E-state index contributed by atoms with van der Waals surface area (Å²) in [5, 5.41) is 3.39. The van der Waals surface area contributed by atoms with Crippen LogP contribution in [-0.2, 0) is 4.79 Å². The summed E-state index contributed by atoms with van der Waals surface area (Å²) in [4.78, 5) is 14.5. The van der Waals surface area contributed by atoms with Crippen molar-refractivity contribution in [3.63, 3.8) is 0 Å². The molecule has 2 fully saturated rings. The van der Waals surface area contributed by atoms with Crippen molar-refractivity contribution in [3.8, 4) is 0 Å². The first kappa shape index (κ1) is 13.6. The Morgan fingerprint density at radius 3 is 2.45 bits per heavy atom. The molecule has 0 radical (unpaired) electrons. The minimum absolute atomic E-state index is 0.124. The lowest BCUT2D eigenvalue weighted by Gasteiger charge is -2.26. The lowest BCUT2D eigenvalue weighted by Crippen LogP contribution is -2.35. The van der Waals surface area contributed by atoms with Crippen molar-refractivity contribution in [3.05, 3.63) is 35.6 Å². The molecule has 0 spiro atoms. The fourth-order valence-electron chi connectivity index (χ4n) is 3.09. The average molecular weight is 276 g/mol. The molecule has 4 heteroatoms. The molecule has 1 aromatic carbocycles. The Kier molecular flexibility index (Phi) is 3.09. The number of nitrogens with zero attached hydrogens (tertiary/aromatic N) is 1. The lowest BCUT2D eigenvalue weighted by atomic mass is 10.1. The summed E-state index contributed by atoms with van der Waals surface area (Å²) in [7, 11) is 0. The lowest BCUT2D eigenvalue weighted by molar-refractivity contribution is -0.131. The zero-order chi connectivity index (χ0) is 14.5. The van der Waals surface area contributed by atoms with Gasteiger partial charge in [0.1, 0.15) is 12.0 Å². The molecule has 1 saturated heterocycles. The highest BCUT2D eigenvalue weighted by Gasteiger charge is 2.56. The van der Waals surface area contributed by atoms with E-state index >= 15 is 0 Å². The van der Waals surface area contributed by atoms with Gasteiger partial charge >= 0.3 is 0 Å². The molecule has 1 saturated carbocycles. The largest absolute Gasteiger partial charge is 0.318 e. The number of hydrogen-bond acceptors (Lipinski definition) is 2. The monoisotopic (exact) mass is 276 g/mol. The van der Waals surface area contributed by atoms with Gasteiger partial charge in [-0.05, 0) is 36.0 Å². The summed E-state index contributed by atoms with van der Waals surface area (Å²) in [6.07, 6.45) is 1.69. The highest BCUT2D eigenvalue weighted by Crippen LogP contribution is 2.52. The van der Waals surface area contributed by atoms with Crippen LogP contribution in [0.15, 0.2) is 24.3 Å². The molecule has 3 atom stereocenters. The van der Waals surface area contributed by atoms with Gasteiger partial charge in [0.05, 0.1) is 6.04 Å². The Hall–Kier alpha value is -1.42. The minimum Gasteiger partial charge on any atom is -0.318 e. The normalized spacial score (nSPS) is 31.7. The summed E-state index contributed by atoms with van der Waals surface area (Å²) in [5.41, 5.74) is 1.15. The fourth-order valence-corrected chi connectivity index (χ4v) is 3.09. The van der Waals surface area contributed by atoms with Gasteiger partial charge in [0.15, 0.2) is 0 Å². The van der Waals surface area contributed by atoms with Gasteiger partial charge in [0.2, 0.25) is 5.91 Å². The molecule has 0 bridgehead atoms. The second-order valence-electron chi connectivity index (χ2n) is 6.54. The molecule has 1 amide bonds. The van der Waals surface area contributed by atoms with E-state index in [-0.39, 0.29) is 35.4 Å². The fraction of sp³-hybridized carbons (Fsp3) is 0.562. The molecule has 1 N–H and O–H groups in total. The van der Waals surface area contributed by atoms with Crippen LogP contribution in [0.25, 0.3) is 0 Å². The van der Waals surface area contributed by atoms with Crippen molar-refractivity contribution in [2.45, 2.75) is 51.9 Å². The maximum Gasteiger partial charge on any atom is 0.241 e. The number of carbonyl (C=O) groups excluding carboxylic acids is 1. The maximum absolute atomic E-state index is 13.1. The predicted octanol–water partition coefficient (Wildman–Crippen LogP) is 2.83. The Labute approximate surface area is 119 Å². The third kappa shape index (κ3) is 2.12. The maximum atomic E-state index is 13.1. The zero-order valence-corrected chi connectivity index (χ0v) is 12.2. The predicted molar refractivity (Wildman–Crippen MR) is 75.4 cm³/mol. The van der Waals surface area contributed by atoms with Crippen LogP contribution in [0.1, 0.15) is 45.3 Å². The van der Waals surface area contributed by atoms with Gasteiger partial charge in [0, 0.05) is 6.04 Å². The van der Waals surface area contributed by atoms with Crippen LogP contribution in [0.2, 0.25) is 0 Å². The number of halogens is 1. The van der Waals surface area contributed by atoms with Crippen molar-refractivity contribution in [1.82, 2.24) is 10.2 Å². The van der Waals surface area contributed by atoms with Crippen molar-refractivity contribution in [2.75, 3.05) is 0 Å². The van der Waals surface area contributed by atoms with Gasteiger partial charge < -0.3 is 4.90 Å². The molecule has 3 unspecified atom stereocenters. The molecule has 1 heterocycles. The first-order chi connectivity index (χ1) is 9.44. The second-order valence-corrected chi connectivity index (χ2v) is 6.54. The van der Waals surface area contributed by atoms with Crippen LogP contribution >= 0.6 is 0 Å². The van der Waals surface area contributed by atoms with Gasteiger partial charge in [-0.3, -0.25) is 10.1 Å². The Bertz CT molecular complexity index is 526. The molecular formula is C16H21FN2O. The molecule has 2 aliphatic rings. The first-order valence-electron chi connectivity index (χ1n) is 7.28. The van der Waals surface area contributed by atoms with Crippen LogP contribution in [0.4, 0.5) is 4.39 Å². The summed E-state index contributed by atoms with van der Waals surface area (Å²) in [5.74, 6) is -0.0687. The topological polar surface area (TPSA) is 32.3 Å². The van der Waals surface area contributed by atoms with E-state index in [1.807, 2.05) is 11.8 Å². The standard InChI is InChI=1S/C16H21FN2O/c1-4-12-15(20)19(13-9-16(13,2)3)14(18-12)10-5-7-11(17)8-6-10/h5-8,12-14,18H,4,9H2,1-3H3. The quantitative estimate of drug-likeness (QED) is 0.920. The Morgan fingerprint density at radius 2 is 1.95 bits per heavy atom. The highest BCUT2D eigenvalue weighted by molar-refractivity contribution is 5.85. The molecule has 0 aromatic heterocycles. The molecule has 3 nitrogen and oxygen atoms in total. The van der Waals surface area contributed by atoms with Gasteiger partial charge in [-0.25, -0.2) is 4.39 Å². The number of hydrogen-bond donors (Lipinski definition) is 1. The summed E-state index contributed by atoms with van der Waals surface area (Å²) in [6, 6.07) is 6.60. The Morgan fingerprint density at radius 1 is 1.35 bits per heavy atom. The minimum atomic E-state index is -0.247. The summed E-state index contributed by atoms with van der Waals surface area (Å²) in [6.45, 7) is 6.39. The van der Waals surface area contributed by atoms with Gasteiger partial charge in [-0.1, -0.05) is 32.9 Å². The molecule has 1 aliphatic heterocycles. The van der Waals surface area contributed by atoms with Crippen LogP contribution in [-0.4, -0.2) is 22.9 Å². The van der Waals surface area contributed by atoms with Gasteiger partial charge in [-0.2, -0.15) is 0 Å². The molecule has 20 heavy (non-hydrogen) atoms. The van der Waals surface area contributed by atoms with E-state index in [0.717, 1.165) is 18.4 Å². The third-order valence-electron chi connectivity index (χ3n) is 4.58. The molecule has 3 rings (SSSR count). The SMILES string of the molecule is CCC1NC(c2ccc(F)cc2)N(C2CC2(C)C)C1=O. The van der Waals surface area contributed by atoms with E-state index in [2.05, 4.69) is 19.2 Å². The van der Waals surface area contributed by atoms with Crippen LogP contribution < -0.4 is 5.32 Å². The third-order valence-corrected chi connectivity index (χ3v) is 4.58. The molecule has 1 aliphatic carbocycles. The molecule has 108 valence electrons. The van der Waals surface area contributed by atoms with Crippen LogP contribution in [0.3, 0.4) is 0 Å². The summed E-state index contributed by atoms with van der Waals surface area (Å²) >= 11 is 0. The van der Waals surface area contributed by atoms with E-state index in [0.29, 0.717) is 0 Å². The van der Waals surface area contributed by atoms with Crippen molar-refractivity contribution in [2.24, 2.45) is 5.41 Å². The average Bonchev–Trinajstić information content (AvgIpc) is 2.90. The number of rotatable bonds is 3. The van der Waals surface area contributed by atoms with E-state index in [1.165, 1.54) is 12.1 Å². The molecular weight excluding hydrogens is 255 g/mol. The van der Waals surface area contributed by atoms with E-state index < -0.39 is 0 Å². The van der Waals surface area contributed by atoms with Crippen molar-refractivity contribution < 1.29 is 9.18 Å². The summed E-state index contributed by atoms with van der Waals surface area (Å²) < 4.78 is 13.1. The molecule has 1 aromatic rings. The van der Waals surface area contributed by atoms with Crippen LogP contribution in [0, 0.1) is 11.2 Å². The zero-order valence-electron chi connectivity index (χ0n) is 12.2. The number of amides is 1. The number of nitrogens with one attached hydrogen (secondary N) is 1. The van der Waals surface area contributed by atoms with Crippen molar-refractivity contribution >= 4 is 5.91 Å². The van der Waals surface area contributed by atoms with Gasteiger partial charge in [0.25, 0.3) is 0 Å². The number of benzene rings is 1. The van der Waals surface area contributed by atoms with E-state index in [4.69, 9.17) is 0 Å². The van der Waals surface area contributed by atoms with E-state index in [1.54, 1.807) is 12.1 Å². The van der Waals surface area contributed by atoms with Gasteiger partial charge in [-0.15, -0.1) is 0 Å². The first-order valence-corrected chi connectivity index (χ1v) is 7.28. The second kappa shape index (κ2) is 4.55. The van der Waals surface area contributed by atoms with Crippen molar-refractivity contribution in [1.29, 1.82) is 0 Å². The van der Waals surface area contributed by atoms with Crippen LogP contribution in [0.5, 0.6) is 0 Å². The Balaban J connectivity index is 1.91. The smallest absolute Gasteiger partial charge is 0.241 e.